The Balaban J connectivity index is 1.93. The highest BCUT2D eigenvalue weighted by atomic mass is 19.1. The molecule has 0 saturated carbocycles. The Bertz CT molecular complexity index is 713. The lowest BCUT2D eigenvalue weighted by Crippen LogP contribution is -2.30. The summed E-state index contributed by atoms with van der Waals surface area (Å²) >= 11 is 0. The molecule has 2 nitrogen and oxygen atoms in total. The molecule has 2 aromatic rings. The van der Waals surface area contributed by atoms with Crippen LogP contribution in [-0.4, -0.2) is 18.2 Å². The van der Waals surface area contributed by atoms with Crippen LogP contribution in [0.5, 0.6) is 0 Å². The van der Waals surface area contributed by atoms with Gasteiger partial charge in [-0.15, -0.1) is 6.42 Å². The van der Waals surface area contributed by atoms with E-state index in [9.17, 15) is 9.50 Å². The van der Waals surface area contributed by atoms with Crippen molar-refractivity contribution in [1.29, 1.82) is 0 Å². The van der Waals surface area contributed by atoms with Gasteiger partial charge in [0.25, 0.3) is 0 Å². The average Bonchev–Trinajstić information content (AvgIpc) is 2.62. The van der Waals surface area contributed by atoms with Crippen molar-refractivity contribution >= 4 is 5.69 Å². The molecule has 0 spiro atoms. The maximum Gasteiger partial charge on any atom is 0.179 e. The fourth-order valence-electron chi connectivity index (χ4n) is 3.14. The lowest BCUT2D eigenvalue weighted by atomic mass is 9.86. The third-order valence-corrected chi connectivity index (χ3v) is 4.48. The second-order valence-electron chi connectivity index (χ2n) is 5.93. The summed E-state index contributed by atoms with van der Waals surface area (Å²) in [5.74, 6) is 1.85. The molecule has 1 atom stereocenters. The lowest BCUT2D eigenvalue weighted by molar-refractivity contribution is 0.141. The van der Waals surface area contributed by atoms with Gasteiger partial charge in [0.1, 0.15) is 5.82 Å². The van der Waals surface area contributed by atoms with Crippen molar-refractivity contribution in [3.63, 3.8) is 0 Å². The van der Waals surface area contributed by atoms with E-state index in [1.807, 2.05) is 12.1 Å². The van der Waals surface area contributed by atoms with Crippen LogP contribution in [0.15, 0.2) is 48.5 Å². The first-order chi connectivity index (χ1) is 11.1. The molecule has 1 N–H and O–H groups in total. The smallest absolute Gasteiger partial charge is 0.179 e. The molecule has 1 saturated heterocycles. The van der Waals surface area contributed by atoms with Gasteiger partial charge in [-0.3, -0.25) is 0 Å². The van der Waals surface area contributed by atoms with Gasteiger partial charge in [0.05, 0.1) is 0 Å². The molecule has 3 heteroatoms. The van der Waals surface area contributed by atoms with Gasteiger partial charge in [0, 0.05) is 29.9 Å². The molecular weight excluding hydrogens is 289 g/mol. The predicted octanol–water partition coefficient (Wildman–Crippen LogP) is 3.69. The van der Waals surface area contributed by atoms with Gasteiger partial charge in [0.15, 0.2) is 5.60 Å². The van der Waals surface area contributed by atoms with E-state index in [0.717, 1.165) is 18.8 Å². The summed E-state index contributed by atoms with van der Waals surface area (Å²) in [5, 5.41) is 10.9. The van der Waals surface area contributed by atoms with Gasteiger partial charge < -0.3 is 10.0 Å². The molecule has 1 heterocycles. The molecule has 1 fully saturated rings. The zero-order valence-electron chi connectivity index (χ0n) is 13.0. The standard InChI is InChI=1S/C20H20FNO/c1-2-20(23,18-8-4-5-9-19(18)21)16-10-12-17(13-11-16)22-14-6-3-7-15-22/h1,4-5,8-13,23H,3,6-7,14-15H2. The molecule has 118 valence electrons. The predicted molar refractivity (Wildman–Crippen MR) is 90.7 cm³/mol. The summed E-state index contributed by atoms with van der Waals surface area (Å²) < 4.78 is 14.1. The summed E-state index contributed by atoms with van der Waals surface area (Å²) in [4.78, 5) is 2.32. The Hall–Kier alpha value is -2.31. The van der Waals surface area contributed by atoms with Crippen LogP contribution < -0.4 is 4.90 Å². The molecule has 2 aromatic carbocycles. The zero-order valence-corrected chi connectivity index (χ0v) is 13.0. The molecule has 3 rings (SSSR count). The second-order valence-corrected chi connectivity index (χ2v) is 5.93. The van der Waals surface area contributed by atoms with E-state index < -0.39 is 11.4 Å². The number of benzene rings is 2. The van der Waals surface area contributed by atoms with Crippen LogP contribution in [0.1, 0.15) is 30.4 Å². The Morgan fingerprint density at radius 1 is 1.00 bits per heavy atom. The van der Waals surface area contributed by atoms with E-state index in [1.54, 1.807) is 24.3 Å². The first kappa shape index (κ1) is 15.6. The van der Waals surface area contributed by atoms with E-state index in [1.165, 1.54) is 31.4 Å². The zero-order chi connectivity index (χ0) is 16.3. The summed E-state index contributed by atoms with van der Waals surface area (Å²) in [6.45, 7) is 2.10. The van der Waals surface area contributed by atoms with Crippen LogP contribution in [0.4, 0.5) is 10.1 Å². The number of piperidine rings is 1. The van der Waals surface area contributed by atoms with E-state index in [4.69, 9.17) is 6.42 Å². The number of rotatable bonds is 3. The van der Waals surface area contributed by atoms with Gasteiger partial charge in [-0.25, -0.2) is 4.39 Å². The van der Waals surface area contributed by atoms with E-state index in [-0.39, 0.29) is 5.56 Å². The van der Waals surface area contributed by atoms with Gasteiger partial charge in [-0.05, 0) is 37.5 Å². The molecule has 0 radical (unpaired) electrons. The average molecular weight is 309 g/mol. The summed E-state index contributed by atoms with van der Waals surface area (Å²) in [6.07, 6.45) is 9.22. The third kappa shape index (κ3) is 2.95. The van der Waals surface area contributed by atoms with Gasteiger partial charge in [-0.1, -0.05) is 36.3 Å². The second kappa shape index (κ2) is 6.44. The maximum absolute atomic E-state index is 14.1. The van der Waals surface area contributed by atoms with E-state index >= 15 is 0 Å². The highest BCUT2D eigenvalue weighted by Crippen LogP contribution is 2.32. The molecule has 0 bridgehead atoms. The highest BCUT2D eigenvalue weighted by Gasteiger charge is 2.32. The topological polar surface area (TPSA) is 23.5 Å². The monoisotopic (exact) mass is 309 g/mol. The van der Waals surface area contributed by atoms with E-state index in [0.29, 0.717) is 5.56 Å². The summed E-state index contributed by atoms with van der Waals surface area (Å²) in [5.41, 5.74) is -0.0355. The van der Waals surface area contributed by atoms with Gasteiger partial charge in [-0.2, -0.15) is 0 Å². The van der Waals surface area contributed by atoms with Crippen LogP contribution in [0.25, 0.3) is 0 Å². The SMILES string of the molecule is C#CC(O)(c1ccc(N2CCCCC2)cc1)c1ccccc1F. The molecule has 23 heavy (non-hydrogen) atoms. The van der Waals surface area contributed by atoms with Crippen LogP contribution in [0.3, 0.4) is 0 Å². The Morgan fingerprint density at radius 3 is 2.26 bits per heavy atom. The van der Waals surface area contributed by atoms with Crippen molar-refractivity contribution in [2.75, 3.05) is 18.0 Å². The number of anilines is 1. The minimum Gasteiger partial charge on any atom is -0.372 e. The first-order valence-corrected chi connectivity index (χ1v) is 7.96. The van der Waals surface area contributed by atoms with Crippen molar-refractivity contribution < 1.29 is 9.50 Å². The number of hydrogen-bond donors (Lipinski definition) is 1. The molecular formula is C20H20FNO. The van der Waals surface area contributed by atoms with Crippen molar-refractivity contribution in [1.82, 2.24) is 0 Å². The molecule has 1 aliphatic heterocycles. The molecule has 1 aliphatic rings. The van der Waals surface area contributed by atoms with Crippen LogP contribution in [0.2, 0.25) is 0 Å². The Labute approximate surface area is 136 Å². The highest BCUT2D eigenvalue weighted by molar-refractivity contribution is 5.52. The maximum atomic E-state index is 14.1. The van der Waals surface area contributed by atoms with Gasteiger partial charge in [0.2, 0.25) is 0 Å². The Kier molecular flexibility index (Phi) is 4.36. The molecule has 0 aromatic heterocycles. The molecule has 0 aliphatic carbocycles. The van der Waals surface area contributed by atoms with Crippen LogP contribution >= 0.6 is 0 Å². The van der Waals surface area contributed by atoms with Crippen LogP contribution in [0, 0.1) is 18.2 Å². The molecule has 1 unspecified atom stereocenters. The largest absolute Gasteiger partial charge is 0.372 e. The fraction of sp³-hybridized carbons (Fsp3) is 0.300. The van der Waals surface area contributed by atoms with Crippen molar-refractivity contribution in [2.24, 2.45) is 0 Å². The first-order valence-electron chi connectivity index (χ1n) is 7.96. The fourth-order valence-corrected chi connectivity index (χ4v) is 3.14. The summed E-state index contributed by atoms with van der Waals surface area (Å²) in [6, 6.07) is 13.5. The minimum atomic E-state index is -1.76. The third-order valence-electron chi connectivity index (χ3n) is 4.48. The lowest BCUT2D eigenvalue weighted by Gasteiger charge is -2.30. The van der Waals surface area contributed by atoms with Crippen molar-refractivity contribution in [3.8, 4) is 12.3 Å². The number of aliphatic hydroxyl groups is 1. The number of terminal acetylenes is 1. The number of halogens is 1. The van der Waals surface area contributed by atoms with Crippen molar-refractivity contribution in [3.05, 3.63) is 65.5 Å². The van der Waals surface area contributed by atoms with Crippen LogP contribution in [-0.2, 0) is 5.60 Å². The normalized spacial score (nSPS) is 17.3. The quantitative estimate of drug-likeness (QED) is 0.874. The summed E-state index contributed by atoms with van der Waals surface area (Å²) in [7, 11) is 0. The number of hydrogen-bond acceptors (Lipinski definition) is 2. The van der Waals surface area contributed by atoms with Crippen molar-refractivity contribution in [2.45, 2.75) is 24.9 Å². The van der Waals surface area contributed by atoms with Gasteiger partial charge >= 0.3 is 0 Å². The molecule has 0 amide bonds. The Morgan fingerprint density at radius 2 is 1.65 bits per heavy atom. The minimum absolute atomic E-state index is 0.105. The number of nitrogens with zero attached hydrogens (tertiary/aromatic N) is 1. The van der Waals surface area contributed by atoms with E-state index in [2.05, 4.69) is 10.8 Å².